The van der Waals surface area contributed by atoms with Gasteiger partial charge in [-0.25, -0.2) is 0 Å². The molecule has 6 aromatic rings. The monoisotopic (exact) mass is 493 g/mol. The molecule has 0 saturated heterocycles. The Bertz CT molecular complexity index is 1550. The summed E-state index contributed by atoms with van der Waals surface area (Å²) in [6, 6.07) is 37.8. The van der Waals surface area contributed by atoms with E-state index in [4.69, 9.17) is 16.2 Å². The van der Waals surface area contributed by atoms with E-state index >= 15 is 0 Å². The van der Waals surface area contributed by atoms with Gasteiger partial charge >= 0.3 is 210 Å². The van der Waals surface area contributed by atoms with E-state index in [-0.39, 0.29) is 0 Å². The zero-order chi connectivity index (χ0) is 23.9. The van der Waals surface area contributed by atoms with Crippen LogP contribution in [0.4, 0.5) is 0 Å². The van der Waals surface area contributed by atoms with E-state index in [0.29, 0.717) is 6.16 Å². The minimum absolute atomic E-state index is 0.612. The number of pyridine rings is 2. The summed E-state index contributed by atoms with van der Waals surface area (Å²) in [5.74, 6) is -3.47. The van der Waals surface area contributed by atoms with Crippen molar-refractivity contribution in [3.63, 3.8) is 0 Å². The van der Waals surface area contributed by atoms with Gasteiger partial charge in [-0.3, -0.25) is 0 Å². The van der Waals surface area contributed by atoms with Crippen LogP contribution in [0.25, 0.3) is 16.6 Å². The van der Waals surface area contributed by atoms with Gasteiger partial charge < -0.3 is 0 Å². The third-order valence-corrected chi connectivity index (χ3v) is 14.2. The Balaban J connectivity index is 1.69. The van der Waals surface area contributed by atoms with Crippen LogP contribution >= 0.6 is 17.2 Å². The standard InChI is InChI=1S/C30H25ClN3P/c1-23-29(33-30-27-18-11-20-32-28(27)19-21-34(23)30)22-35(31,24-12-5-2-6-13-24,25-14-7-3-8-15-25)26-16-9-4-10-17-26/h2-21H,22H2,1H3. The maximum absolute atomic E-state index is 8.30. The second-order valence-corrected chi connectivity index (χ2v) is 15.4. The van der Waals surface area contributed by atoms with Crippen molar-refractivity contribution in [3.05, 3.63) is 133 Å². The molecular weight excluding hydrogens is 469 g/mol. The van der Waals surface area contributed by atoms with Gasteiger partial charge in [0.1, 0.15) is 0 Å². The first kappa shape index (κ1) is 22.0. The molecule has 35 heavy (non-hydrogen) atoms. The molecule has 6 rings (SSSR count). The Hall–Kier alpha value is -3.52. The fraction of sp³-hybridized carbons (Fsp3) is 0.0667. The van der Waals surface area contributed by atoms with E-state index in [0.717, 1.165) is 43.9 Å². The van der Waals surface area contributed by atoms with Gasteiger partial charge in [0.05, 0.1) is 0 Å². The van der Waals surface area contributed by atoms with Crippen molar-refractivity contribution < 1.29 is 0 Å². The van der Waals surface area contributed by atoms with E-state index in [9.17, 15) is 0 Å². The van der Waals surface area contributed by atoms with Crippen LogP contribution in [0.1, 0.15) is 11.4 Å². The molecule has 5 heteroatoms. The van der Waals surface area contributed by atoms with Crippen molar-refractivity contribution in [1.82, 2.24) is 14.4 Å². The van der Waals surface area contributed by atoms with E-state index in [1.807, 2.05) is 36.5 Å². The van der Waals surface area contributed by atoms with Crippen LogP contribution in [0.2, 0.25) is 0 Å². The van der Waals surface area contributed by atoms with E-state index in [2.05, 4.69) is 101 Å². The number of aryl methyl sites for hydroxylation is 1. The number of hydrogen-bond donors (Lipinski definition) is 0. The number of nitrogens with zero attached hydrogens (tertiary/aromatic N) is 3. The normalized spacial score (nSPS) is 13.0. The summed E-state index contributed by atoms with van der Waals surface area (Å²) in [5.41, 5.74) is 3.96. The number of fused-ring (bicyclic) bond motifs is 3. The first-order valence-electron chi connectivity index (χ1n) is 11.7. The molecule has 0 aliphatic carbocycles. The summed E-state index contributed by atoms with van der Waals surface area (Å²) in [5, 5.41) is 4.46. The maximum atomic E-state index is 8.30. The summed E-state index contributed by atoms with van der Waals surface area (Å²) in [6.07, 6.45) is 4.49. The first-order valence-corrected chi connectivity index (χ1v) is 15.0. The van der Waals surface area contributed by atoms with Gasteiger partial charge in [0.2, 0.25) is 0 Å². The summed E-state index contributed by atoms with van der Waals surface area (Å²) >= 11 is 8.30. The predicted molar refractivity (Wildman–Crippen MR) is 150 cm³/mol. The molecule has 3 aromatic heterocycles. The van der Waals surface area contributed by atoms with Crippen molar-refractivity contribution in [1.29, 1.82) is 0 Å². The molecule has 0 aliphatic rings. The molecule has 3 aromatic carbocycles. The van der Waals surface area contributed by atoms with Crippen LogP contribution < -0.4 is 15.9 Å². The van der Waals surface area contributed by atoms with Crippen LogP contribution in [0.15, 0.2) is 122 Å². The Kier molecular flexibility index (Phi) is 5.21. The number of benzene rings is 3. The first-order chi connectivity index (χ1) is 17.1. The summed E-state index contributed by atoms with van der Waals surface area (Å²) < 4.78 is 2.17. The number of hydrogen-bond acceptors (Lipinski definition) is 2. The zero-order valence-electron chi connectivity index (χ0n) is 19.4. The SMILES string of the molecule is Cc1c(CP(Cl)(c2ccccc2)(c2ccccc2)c2ccccc2)nc2c3cccnc3ccn12. The number of aromatic nitrogens is 3. The quantitative estimate of drug-likeness (QED) is 0.261. The average Bonchev–Trinajstić information content (AvgIpc) is 3.25. The Morgan fingerprint density at radius 3 is 1.80 bits per heavy atom. The van der Waals surface area contributed by atoms with Gasteiger partial charge in [-0.05, 0) is 0 Å². The summed E-state index contributed by atoms with van der Waals surface area (Å²) in [7, 11) is 0. The molecule has 3 nitrogen and oxygen atoms in total. The zero-order valence-corrected chi connectivity index (χ0v) is 21.1. The van der Waals surface area contributed by atoms with Gasteiger partial charge in [-0.15, -0.1) is 0 Å². The van der Waals surface area contributed by atoms with Crippen LogP contribution in [-0.4, -0.2) is 14.4 Å². The molecule has 0 spiro atoms. The predicted octanol–water partition coefficient (Wildman–Crippen LogP) is 6.37. The second kappa shape index (κ2) is 8.30. The Morgan fingerprint density at radius 2 is 1.26 bits per heavy atom. The Morgan fingerprint density at radius 1 is 0.714 bits per heavy atom. The molecule has 0 bridgehead atoms. The molecule has 0 fully saturated rings. The van der Waals surface area contributed by atoms with Crippen molar-refractivity contribution in [2.75, 3.05) is 0 Å². The number of rotatable bonds is 5. The van der Waals surface area contributed by atoms with Gasteiger partial charge in [0, 0.05) is 0 Å². The third-order valence-electron chi connectivity index (χ3n) is 7.04. The summed E-state index contributed by atoms with van der Waals surface area (Å²) in [6.45, 7) is 2.14. The van der Waals surface area contributed by atoms with Gasteiger partial charge in [-0.2, -0.15) is 0 Å². The van der Waals surface area contributed by atoms with E-state index in [1.54, 1.807) is 0 Å². The van der Waals surface area contributed by atoms with Crippen molar-refractivity contribution in [3.8, 4) is 0 Å². The topological polar surface area (TPSA) is 30.2 Å². The molecular formula is C30H25ClN3P. The van der Waals surface area contributed by atoms with Crippen LogP contribution in [0.3, 0.4) is 0 Å². The van der Waals surface area contributed by atoms with Gasteiger partial charge in [0.25, 0.3) is 0 Å². The van der Waals surface area contributed by atoms with E-state index in [1.165, 1.54) is 0 Å². The van der Waals surface area contributed by atoms with Crippen molar-refractivity contribution in [2.24, 2.45) is 0 Å². The van der Waals surface area contributed by atoms with Crippen LogP contribution in [0, 0.1) is 6.92 Å². The second-order valence-electron chi connectivity index (χ2n) is 8.94. The molecule has 0 amide bonds. The van der Waals surface area contributed by atoms with Crippen LogP contribution in [-0.2, 0) is 6.16 Å². The fourth-order valence-corrected chi connectivity index (χ4v) is 11.2. The fourth-order valence-electron chi connectivity index (χ4n) is 5.19. The van der Waals surface area contributed by atoms with E-state index < -0.39 is 5.96 Å². The Labute approximate surface area is 209 Å². The molecule has 0 N–H and O–H groups in total. The third kappa shape index (κ3) is 3.31. The number of halogens is 1. The molecule has 3 heterocycles. The molecule has 0 saturated carbocycles. The van der Waals surface area contributed by atoms with Gasteiger partial charge in [-0.1, -0.05) is 0 Å². The molecule has 0 aliphatic heterocycles. The molecule has 0 unspecified atom stereocenters. The summed E-state index contributed by atoms with van der Waals surface area (Å²) in [4.78, 5) is 9.75. The molecule has 0 atom stereocenters. The molecule has 172 valence electrons. The van der Waals surface area contributed by atoms with Crippen molar-refractivity contribution >= 4 is 49.7 Å². The minimum atomic E-state index is -3.47. The number of imidazole rings is 1. The van der Waals surface area contributed by atoms with Gasteiger partial charge in [0.15, 0.2) is 0 Å². The van der Waals surface area contributed by atoms with Crippen LogP contribution in [0.5, 0.6) is 0 Å². The molecule has 0 radical (unpaired) electrons. The average molecular weight is 494 g/mol. The van der Waals surface area contributed by atoms with Crippen molar-refractivity contribution in [2.45, 2.75) is 13.1 Å².